The maximum absolute atomic E-state index is 13.4. The number of piperidine rings is 1. The number of pyridine rings is 1. The molecule has 1 saturated heterocycles. The maximum atomic E-state index is 13.4. The number of nitrogens with one attached hydrogen (secondary N) is 1. The number of imide groups is 1. The molecule has 5 rings (SSSR count). The summed E-state index contributed by atoms with van der Waals surface area (Å²) in [4.78, 5) is 34.8. The predicted octanol–water partition coefficient (Wildman–Crippen LogP) is 4.77. The van der Waals surface area contributed by atoms with Crippen molar-refractivity contribution < 1.29 is 9.59 Å². The lowest BCUT2D eigenvalue weighted by Crippen LogP contribution is -2.32. The first-order valence-corrected chi connectivity index (χ1v) is 11.8. The number of anilines is 2. The first kappa shape index (κ1) is 21.9. The van der Waals surface area contributed by atoms with Crippen LogP contribution in [0.25, 0.3) is 5.57 Å². The summed E-state index contributed by atoms with van der Waals surface area (Å²) in [6.45, 7) is 4.28. The Morgan fingerprint density at radius 1 is 0.853 bits per heavy atom. The van der Waals surface area contributed by atoms with Gasteiger partial charge in [-0.15, -0.1) is 0 Å². The van der Waals surface area contributed by atoms with Gasteiger partial charge in [0.15, 0.2) is 0 Å². The molecule has 172 valence electrons. The summed E-state index contributed by atoms with van der Waals surface area (Å²) in [6.07, 6.45) is 5.39. The van der Waals surface area contributed by atoms with Gasteiger partial charge >= 0.3 is 0 Å². The number of benzene rings is 2. The van der Waals surface area contributed by atoms with Gasteiger partial charge in [-0.1, -0.05) is 35.9 Å². The van der Waals surface area contributed by atoms with Crippen molar-refractivity contribution in [2.75, 3.05) is 23.3 Å². The third-order valence-corrected chi connectivity index (χ3v) is 6.41. The lowest BCUT2D eigenvalue weighted by Gasteiger charge is -2.28. The molecule has 2 amide bonds. The average Bonchev–Trinajstić information content (AvgIpc) is 3.10. The predicted molar refractivity (Wildman–Crippen MR) is 134 cm³/mol. The van der Waals surface area contributed by atoms with Crippen molar-refractivity contribution in [2.24, 2.45) is 0 Å². The second-order valence-corrected chi connectivity index (χ2v) is 8.85. The number of nitrogens with zero attached hydrogens (tertiary/aromatic N) is 3. The van der Waals surface area contributed by atoms with E-state index in [2.05, 4.69) is 27.3 Å². The van der Waals surface area contributed by atoms with E-state index in [1.54, 1.807) is 6.20 Å². The zero-order valence-corrected chi connectivity index (χ0v) is 19.3. The summed E-state index contributed by atoms with van der Waals surface area (Å²) in [5, 5.41) is 3.26. The van der Waals surface area contributed by atoms with Crippen LogP contribution in [0, 0.1) is 6.92 Å². The molecule has 0 bridgehead atoms. The van der Waals surface area contributed by atoms with Crippen molar-refractivity contribution >= 4 is 28.8 Å². The molecule has 3 heterocycles. The summed E-state index contributed by atoms with van der Waals surface area (Å²) in [5.74, 6) is -0.654. The molecule has 2 aliphatic rings. The van der Waals surface area contributed by atoms with Crippen LogP contribution in [0.15, 0.2) is 78.6 Å². The first-order chi connectivity index (χ1) is 16.6. The highest BCUT2D eigenvalue weighted by atomic mass is 16.2. The van der Waals surface area contributed by atoms with Crippen LogP contribution in [0.5, 0.6) is 0 Å². The second kappa shape index (κ2) is 9.51. The summed E-state index contributed by atoms with van der Waals surface area (Å²) in [6, 6.07) is 21.3. The molecule has 0 atom stereocenters. The van der Waals surface area contributed by atoms with Crippen molar-refractivity contribution in [3.05, 3.63) is 95.4 Å². The van der Waals surface area contributed by atoms with E-state index in [1.807, 2.05) is 61.5 Å². The van der Waals surface area contributed by atoms with Crippen LogP contribution in [0.2, 0.25) is 0 Å². The van der Waals surface area contributed by atoms with Gasteiger partial charge in [0.2, 0.25) is 0 Å². The van der Waals surface area contributed by atoms with Crippen LogP contribution < -0.4 is 10.2 Å². The van der Waals surface area contributed by atoms with Gasteiger partial charge in [-0.25, -0.2) is 0 Å². The summed E-state index contributed by atoms with van der Waals surface area (Å²) >= 11 is 0. The fraction of sp³-hybridized carbons (Fsp3) is 0.250. The summed E-state index contributed by atoms with van der Waals surface area (Å²) < 4.78 is 0. The minimum atomic E-state index is -0.341. The summed E-state index contributed by atoms with van der Waals surface area (Å²) in [7, 11) is 0. The standard InChI is InChI=1S/C28H28N4O2/c1-20-8-10-21(11-9-20)25-26(28(34)32(27(25)33)19-23-7-3-4-16-29-23)30-22-12-14-24(15-13-22)31-17-5-2-6-18-31/h3-4,7-16,30H,2,5-6,17-19H2,1H3. The molecular weight excluding hydrogens is 424 g/mol. The van der Waals surface area contributed by atoms with E-state index in [-0.39, 0.29) is 18.4 Å². The Morgan fingerprint density at radius 2 is 1.59 bits per heavy atom. The van der Waals surface area contributed by atoms with Gasteiger partial charge in [-0.3, -0.25) is 19.5 Å². The van der Waals surface area contributed by atoms with Gasteiger partial charge in [0.05, 0.1) is 17.8 Å². The third-order valence-electron chi connectivity index (χ3n) is 6.41. The first-order valence-electron chi connectivity index (χ1n) is 11.8. The number of amides is 2. The number of carbonyl (C=O) groups excluding carboxylic acids is 2. The monoisotopic (exact) mass is 452 g/mol. The number of aromatic nitrogens is 1. The molecule has 34 heavy (non-hydrogen) atoms. The van der Waals surface area contributed by atoms with E-state index < -0.39 is 0 Å². The zero-order valence-electron chi connectivity index (χ0n) is 19.3. The van der Waals surface area contributed by atoms with Crippen LogP contribution in [-0.4, -0.2) is 34.8 Å². The van der Waals surface area contributed by atoms with Crippen LogP contribution in [0.4, 0.5) is 11.4 Å². The van der Waals surface area contributed by atoms with E-state index in [9.17, 15) is 9.59 Å². The molecule has 0 aliphatic carbocycles. The van der Waals surface area contributed by atoms with Crippen molar-refractivity contribution in [1.82, 2.24) is 9.88 Å². The summed E-state index contributed by atoms with van der Waals surface area (Å²) in [5.41, 5.74) is 5.13. The molecule has 6 heteroatoms. The highest BCUT2D eigenvalue weighted by Crippen LogP contribution is 2.32. The lowest BCUT2D eigenvalue weighted by molar-refractivity contribution is -0.137. The van der Waals surface area contributed by atoms with E-state index in [0.717, 1.165) is 29.9 Å². The minimum absolute atomic E-state index is 0.132. The Hall–Kier alpha value is -3.93. The van der Waals surface area contributed by atoms with E-state index >= 15 is 0 Å². The Kier molecular flexibility index (Phi) is 6.12. The Labute approximate surface area is 199 Å². The zero-order chi connectivity index (χ0) is 23.5. The number of hydrogen-bond acceptors (Lipinski definition) is 5. The van der Waals surface area contributed by atoms with Gasteiger partial charge in [0.25, 0.3) is 11.8 Å². The number of rotatable bonds is 6. The fourth-order valence-corrected chi connectivity index (χ4v) is 4.53. The van der Waals surface area contributed by atoms with E-state index in [0.29, 0.717) is 17.0 Å². The average molecular weight is 453 g/mol. The van der Waals surface area contributed by atoms with Crippen LogP contribution in [0.3, 0.4) is 0 Å². The van der Waals surface area contributed by atoms with Gasteiger partial charge in [0, 0.05) is 30.7 Å². The Morgan fingerprint density at radius 3 is 2.26 bits per heavy atom. The lowest BCUT2D eigenvalue weighted by atomic mass is 10.0. The molecule has 1 aromatic heterocycles. The molecule has 3 aromatic rings. The molecule has 2 aromatic carbocycles. The highest BCUT2D eigenvalue weighted by molar-refractivity contribution is 6.36. The van der Waals surface area contributed by atoms with E-state index in [1.165, 1.54) is 29.8 Å². The normalized spacial score (nSPS) is 16.4. The number of carbonyl (C=O) groups is 2. The Bertz CT molecular complexity index is 1210. The molecular formula is C28H28N4O2. The quantitative estimate of drug-likeness (QED) is 0.546. The van der Waals surface area contributed by atoms with Crippen molar-refractivity contribution in [3.63, 3.8) is 0 Å². The number of hydrogen-bond donors (Lipinski definition) is 1. The minimum Gasteiger partial charge on any atom is -0.372 e. The van der Waals surface area contributed by atoms with Gasteiger partial charge < -0.3 is 10.2 Å². The molecule has 0 radical (unpaired) electrons. The molecule has 6 nitrogen and oxygen atoms in total. The van der Waals surface area contributed by atoms with Gasteiger partial charge in [-0.05, 0) is 68.1 Å². The SMILES string of the molecule is Cc1ccc(C2=C(Nc3ccc(N4CCCCC4)cc3)C(=O)N(Cc3ccccn3)C2=O)cc1. The highest BCUT2D eigenvalue weighted by Gasteiger charge is 2.39. The Balaban J connectivity index is 1.45. The van der Waals surface area contributed by atoms with Crippen LogP contribution in [0.1, 0.15) is 36.1 Å². The van der Waals surface area contributed by atoms with Crippen LogP contribution in [-0.2, 0) is 16.1 Å². The largest absolute Gasteiger partial charge is 0.372 e. The van der Waals surface area contributed by atoms with Crippen molar-refractivity contribution in [2.45, 2.75) is 32.7 Å². The topological polar surface area (TPSA) is 65.5 Å². The molecule has 0 spiro atoms. The van der Waals surface area contributed by atoms with Crippen LogP contribution >= 0.6 is 0 Å². The molecule has 0 unspecified atom stereocenters. The van der Waals surface area contributed by atoms with Gasteiger partial charge in [-0.2, -0.15) is 0 Å². The third kappa shape index (κ3) is 4.44. The molecule has 0 saturated carbocycles. The maximum Gasteiger partial charge on any atom is 0.278 e. The number of aryl methyl sites for hydroxylation is 1. The van der Waals surface area contributed by atoms with Crippen molar-refractivity contribution in [1.29, 1.82) is 0 Å². The van der Waals surface area contributed by atoms with Gasteiger partial charge in [0.1, 0.15) is 5.70 Å². The second-order valence-electron chi connectivity index (χ2n) is 8.85. The van der Waals surface area contributed by atoms with E-state index in [4.69, 9.17) is 0 Å². The molecule has 2 aliphatic heterocycles. The molecule has 1 N–H and O–H groups in total. The molecule has 1 fully saturated rings. The van der Waals surface area contributed by atoms with Crippen molar-refractivity contribution in [3.8, 4) is 0 Å². The smallest absolute Gasteiger partial charge is 0.278 e. The fourth-order valence-electron chi connectivity index (χ4n) is 4.53.